The highest BCUT2D eigenvalue weighted by atomic mass is 32.1. The number of methoxy groups -OCH3 is 1. The summed E-state index contributed by atoms with van der Waals surface area (Å²) in [4.78, 5) is 41.2. The molecule has 188 valence electrons. The van der Waals surface area contributed by atoms with E-state index in [4.69, 9.17) is 13.3 Å². The van der Waals surface area contributed by atoms with Gasteiger partial charge in [-0.2, -0.15) is 0 Å². The molecule has 0 unspecified atom stereocenters. The minimum atomic E-state index is -2.84. The van der Waals surface area contributed by atoms with Gasteiger partial charge >= 0.3 is 11.7 Å². The van der Waals surface area contributed by atoms with Gasteiger partial charge in [-0.25, -0.2) is 19.0 Å². The molecule has 2 N–H and O–H groups in total. The van der Waals surface area contributed by atoms with Crippen molar-refractivity contribution in [3.8, 4) is 16.7 Å². The number of ketones is 1. The van der Waals surface area contributed by atoms with Crippen LogP contribution < -0.4 is 15.7 Å². The van der Waals surface area contributed by atoms with E-state index in [1.54, 1.807) is 6.08 Å². The molecule has 0 bridgehead atoms. The van der Waals surface area contributed by atoms with Crippen LogP contribution in [0.1, 0.15) is 44.9 Å². The molecule has 0 saturated carbocycles. The highest BCUT2D eigenvalue weighted by Crippen LogP contribution is 2.28. The Hall–Kier alpha value is -4.25. The highest BCUT2D eigenvalue weighted by Gasteiger charge is 2.20. The number of carbonyl (C=O) groups excluding carboxylic acids is 2. The molecule has 36 heavy (non-hydrogen) atoms. The third kappa shape index (κ3) is 7.37. The molecule has 0 aliphatic carbocycles. The molecule has 0 aliphatic heterocycles. The summed E-state index contributed by atoms with van der Waals surface area (Å²) in [6.45, 7) is 1.48. The Kier molecular flexibility index (Phi) is 7.69. The fourth-order valence-corrected chi connectivity index (χ4v) is 3.74. The molecule has 3 aromatic rings. The molecular formula is C25H23FN2O7S. The Labute approximate surface area is 213 Å². The lowest BCUT2D eigenvalue weighted by molar-refractivity contribution is 0.102. The SMILES string of the molecule is [2H]C([2H])([2H])OC(=O)N/C=C/CCCc1cc(O)c(C(=O)/C(C)=C/c2cnc(Oc3ccc(F)cc3)s2)c(=O)o1. The molecule has 2 heterocycles. The molecule has 0 spiro atoms. The van der Waals surface area contributed by atoms with Crippen LogP contribution in [0.15, 0.2) is 63.6 Å². The van der Waals surface area contributed by atoms with Gasteiger partial charge < -0.3 is 19.0 Å². The first-order chi connectivity index (χ1) is 18.4. The number of alkyl carbamates (subject to hydrolysis) is 1. The smallest absolute Gasteiger partial charge is 0.410 e. The number of nitrogens with zero attached hydrogens (tertiary/aromatic N) is 1. The molecule has 0 fully saturated rings. The number of ether oxygens (including phenoxy) is 2. The van der Waals surface area contributed by atoms with Crippen molar-refractivity contribution < 1.29 is 37.1 Å². The van der Waals surface area contributed by atoms with Gasteiger partial charge in [-0.05, 0) is 55.7 Å². The Bertz CT molecular complexity index is 1450. The number of benzene rings is 1. The predicted molar refractivity (Wildman–Crippen MR) is 131 cm³/mol. The highest BCUT2D eigenvalue weighted by molar-refractivity contribution is 7.14. The third-order valence-electron chi connectivity index (χ3n) is 4.65. The molecule has 2 aromatic heterocycles. The van der Waals surface area contributed by atoms with E-state index in [1.807, 2.05) is 0 Å². The van der Waals surface area contributed by atoms with Gasteiger partial charge in [0.15, 0.2) is 5.78 Å². The first kappa shape index (κ1) is 22.2. The predicted octanol–water partition coefficient (Wildman–Crippen LogP) is 5.21. The first-order valence-electron chi connectivity index (χ1n) is 12.0. The zero-order chi connectivity index (χ0) is 28.6. The monoisotopic (exact) mass is 517 g/mol. The quantitative estimate of drug-likeness (QED) is 0.213. The molecule has 3 rings (SSSR count). The summed E-state index contributed by atoms with van der Waals surface area (Å²) in [5.41, 5.74) is -1.34. The van der Waals surface area contributed by atoms with Crippen LogP contribution in [0.4, 0.5) is 9.18 Å². The summed E-state index contributed by atoms with van der Waals surface area (Å²) < 4.78 is 48.4. The standard InChI is InChI=1S/C25H23FN2O7S/c1-15(12-19-14-28-25(36-19)35-17-9-7-16(26)8-10-17)22(30)21-20(29)13-18(34-23(21)31)6-4-3-5-11-27-24(32)33-2/h5,7-14,29H,3-4,6H2,1-2H3,(H,27,32)/b11-5+,15-12+/i2D3. The number of nitrogens with one attached hydrogen (secondary N) is 1. The maximum Gasteiger partial charge on any atom is 0.410 e. The molecular weight excluding hydrogens is 491 g/mol. The second kappa shape index (κ2) is 12.5. The Morgan fingerprint density at radius 1 is 1.33 bits per heavy atom. The summed E-state index contributed by atoms with van der Waals surface area (Å²) in [5.74, 6) is -1.10. The van der Waals surface area contributed by atoms with E-state index in [-0.39, 0.29) is 22.9 Å². The number of halogens is 1. The number of unbranched alkanes of at least 4 members (excludes halogenated alkanes) is 1. The summed E-state index contributed by atoms with van der Waals surface area (Å²) >= 11 is 1.12. The topological polar surface area (TPSA) is 128 Å². The number of aromatic nitrogens is 1. The van der Waals surface area contributed by atoms with E-state index in [1.165, 1.54) is 55.7 Å². The number of aryl methyl sites for hydroxylation is 1. The molecule has 9 nitrogen and oxygen atoms in total. The number of allylic oxidation sites excluding steroid dienone is 2. The number of amides is 1. The van der Waals surface area contributed by atoms with Gasteiger partial charge in [0.25, 0.3) is 5.19 Å². The summed E-state index contributed by atoms with van der Waals surface area (Å²) in [5, 5.41) is 12.8. The lowest BCUT2D eigenvalue weighted by Crippen LogP contribution is -2.16. The average molecular weight is 518 g/mol. The van der Waals surface area contributed by atoms with E-state index in [9.17, 15) is 23.9 Å². The second-order valence-corrected chi connectivity index (χ2v) is 8.35. The van der Waals surface area contributed by atoms with E-state index in [2.05, 4.69) is 15.0 Å². The number of hydrogen-bond acceptors (Lipinski definition) is 9. The van der Waals surface area contributed by atoms with E-state index < -0.39 is 41.7 Å². The molecule has 1 aromatic carbocycles. The third-order valence-corrected chi connectivity index (χ3v) is 5.47. The van der Waals surface area contributed by atoms with Gasteiger partial charge in [0.1, 0.15) is 28.6 Å². The number of hydrogen-bond donors (Lipinski definition) is 2. The van der Waals surface area contributed by atoms with Crippen molar-refractivity contribution in [1.82, 2.24) is 10.3 Å². The minimum absolute atomic E-state index is 0.150. The van der Waals surface area contributed by atoms with Crippen molar-refractivity contribution in [2.45, 2.75) is 26.2 Å². The normalized spacial score (nSPS) is 13.1. The van der Waals surface area contributed by atoms with Crippen LogP contribution >= 0.6 is 11.3 Å². The van der Waals surface area contributed by atoms with Crippen LogP contribution in [-0.4, -0.2) is 29.0 Å². The molecule has 0 radical (unpaired) electrons. The number of thiazole rings is 1. The Morgan fingerprint density at radius 3 is 2.83 bits per heavy atom. The maximum absolute atomic E-state index is 13.0. The fraction of sp³-hybridized carbons (Fsp3) is 0.200. The van der Waals surface area contributed by atoms with E-state index >= 15 is 0 Å². The van der Waals surface area contributed by atoms with Crippen LogP contribution in [0.2, 0.25) is 0 Å². The number of carbonyl (C=O) groups is 2. The van der Waals surface area contributed by atoms with Crippen LogP contribution in [0.25, 0.3) is 6.08 Å². The largest absolute Gasteiger partial charge is 0.507 e. The van der Waals surface area contributed by atoms with Gasteiger partial charge in [0.2, 0.25) is 0 Å². The zero-order valence-electron chi connectivity index (χ0n) is 21.9. The Balaban J connectivity index is 1.57. The average Bonchev–Trinajstić information content (AvgIpc) is 3.27. The molecule has 11 heteroatoms. The van der Waals surface area contributed by atoms with Crippen molar-refractivity contribution in [2.24, 2.45) is 0 Å². The summed E-state index contributed by atoms with van der Waals surface area (Å²) in [6.07, 6.45) is 5.71. The van der Waals surface area contributed by atoms with Crippen molar-refractivity contribution >= 4 is 29.3 Å². The van der Waals surface area contributed by atoms with Crippen molar-refractivity contribution in [1.29, 1.82) is 0 Å². The second-order valence-electron chi connectivity index (χ2n) is 7.33. The molecule has 1 amide bonds. The van der Waals surface area contributed by atoms with E-state index in [0.29, 0.717) is 23.5 Å². The molecule has 0 atom stereocenters. The van der Waals surface area contributed by atoms with Crippen LogP contribution in [0.3, 0.4) is 0 Å². The summed E-state index contributed by atoms with van der Waals surface area (Å²) in [6, 6.07) is 6.59. The van der Waals surface area contributed by atoms with Crippen LogP contribution in [0, 0.1) is 5.82 Å². The van der Waals surface area contributed by atoms with Crippen LogP contribution in [-0.2, 0) is 11.2 Å². The molecule has 0 aliphatic rings. The lowest BCUT2D eigenvalue weighted by Gasteiger charge is -2.05. The van der Waals surface area contributed by atoms with Crippen molar-refractivity contribution in [3.05, 3.63) is 86.8 Å². The maximum atomic E-state index is 13.0. The van der Waals surface area contributed by atoms with E-state index in [0.717, 1.165) is 11.3 Å². The number of rotatable bonds is 10. The molecule has 0 saturated heterocycles. The van der Waals surface area contributed by atoms with Gasteiger partial charge in [0.05, 0.1) is 16.0 Å². The number of Topliss-reactive ketones (excluding diaryl/α,β-unsaturated/α-hetero) is 1. The number of aromatic hydroxyl groups is 1. The fourth-order valence-electron chi connectivity index (χ4n) is 2.96. The Morgan fingerprint density at radius 2 is 2.11 bits per heavy atom. The minimum Gasteiger partial charge on any atom is -0.507 e. The first-order valence-corrected chi connectivity index (χ1v) is 11.4. The lowest BCUT2D eigenvalue weighted by atomic mass is 10.0. The van der Waals surface area contributed by atoms with Gasteiger partial charge in [-0.15, -0.1) is 0 Å². The summed E-state index contributed by atoms with van der Waals surface area (Å²) in [7, 11) is -2.84. The van der Waals surface area contributed by atoms with Gasteiger partial charge in [0, 0.05) is 24.9 Å². The van der Waals surface area contributed by atoms with Crippen molar-refractivity contribution in [3.63, 3.8) is 0 Å². The van der Waals surface area contributed by atoms with Crippen molar-refractivity contribution in [2.75, 3.05) is 7.04 Å². The van der Waals surface area contributed by atoms with Crippen LogP contribution in [0.5, 0.6) is 16.7 Å². The zero-order valence-corrected chi connectivity index (χ0v) is 19.8. The van der Waals surface area contributed by atoms with Gasteiger partial charge in [-0.3, -0.25) is 10.1 Å². The van der Waals surface area contributed by atoms with Gasteiger partial charge in [-0.1, -0.05) is 17.4 Å².